The molecule has 7 aliphatic rings. The number of aromatic nitrogens is 1. The normalized spacial score (nSPS) is 33.5. The Morgan fingerprint density at radius 1 is 1.05 bits per heavy atom. The highest BCUT2D eigenvalue weighted by Crippen LogP contribution is 2.53. The third kappa shape index (κ3) is 6.17. The quantitative estimate of drug-likeness (QED) is 0.344. The lowest BCUT2D eigenvalue weighted by molar-refractivity contribution is -0.144. The largest absolute Gasteiger partial charge is 0.483 e. The number of rotatable bonds is 6. The molecule has 3 N–H and O–H groups in total. The second-order valence-corrected chi connectivity index (χ2v) is 19.8. The first-order valence-corrected chi connectivity index (χ1v) is 21.7. The maximum absolute atomic E-state index is 15.1. The average molecular weight is 774 g/mol. The molecule has 1 aromatic carbocycles. The van der Waals surface area contributed by atoms with E-state index in [4.69, 9.17) is 9.72 Å². The van der Waals surface area contributed by atoms with Crippen molar-refractivity contribution >= 4 is 44.7 Å². The van der Waals surface area contributed by atoms with Crippen molar-refractivity contribution in [2.24, 2.45) is 11.8 Å². The highest BCUT2D eigenvalue weighted by atomic mass is 32.2. The number of pyridine rings is 1. The minimum atomic E-state index is -3.99. The highest BCUT2D eigenvalue weighted by molar-refractivity contribution is 7.91. The Bertz CT molecular complexity index is 2110. The number of carbonyl (C=O) groups is 4. The van der Waals surface area contributed by atoms with Gasteiger partial charge in [-0.3, -0.25) is 24.0 Å². The van der Waals surface area contributed by atoms with Crippen molar-refractivity contribution in [3.8, 4) is 5.75 Å². The Morgan fingerprint density at radius 3 is 2.53 bits per heavy atom. The van der Waals surface area contributed by atoms with Gasteiger partial charge >= 0.3 is 6.09 Å². The van der Waals surface area contributed by atoms with E-state index >= 15 is 4.79 Å². The van der Waals surface area contributed by atoms with Crippen molar-refractivity contribution in [3.63, 3.8) is 0 Å². The predicted molar refractivity (Wildman–Crippen MR) is 203 cm³/mol. The lowest BCUT2D eigenvalue weighted by atomic mass is 9.80. The standard InChI is InChI=1S/C41H51N5O8S/c1-24-33-35(47)43-41(37(49)44-55(52,53)39(2)20-21-39)22-26(41)10-6-4-3-5-7-13-31(46(38(50)51)27-16-17-27)36(48)45(33)23-40(24)19-18-29-28-11-8-9-12-30(28)42-32(25-14-15-25)34(29)54-40/h6,8-12,24-27,31,33H,3-5,7,13-23H2,1-2H3,(H,43,47)(H,44,49)(H,50,51)/b10-6-/t24?,26-,31+,33+,40+,41-/m1/s1. The number of benzene rings is 1. The Balaban J connectivity index is 1.11. The van der Waals surface area contributed by atoms with Crippen LogP contribution < -0.4 is 14.8 Å². The number of sulfonamides is 1. The van der Waals surface area contributed by atoms with Gasteiger partial charge in [-0.2, -0.15) is 0 Å². The number of amides is 4. The lowest BCUT2D eigenvalue weighted by Gasteiger charge is -2.40. The molecule has 4 heterocycles. The molecule has 0 radical (unpaired) electrons. The molecule has 14 heteroatoms. The van der Waals surface area contributed by atoms with Crippen LogP contribution in [0.25, 0.3) is 10.9 Å². The zero-order valence-electron chi connectivity index (χ0n) is 31.6. The number of nitrogens with zero attached hydrogens (tertiary/aromatic N) is 3. The van der Waals surface area contributed by atoms with Gasteiger partial charge in [0.1, 0.15) is 29.0 Å². The van der Waals surface area contributed by atoms with Crippen molar-refractivity contribution in [3.05, 3.63) is 47.7 Å². The molecule has 1 aromatic heterocycles. The molecule has 6 atom stereocenters. The molecule has 0 bridgehead atoms. The minimum absolute atomic E-state index is 0.0609. The summed E-state index contributed by atoms with van der Waals surface area (Å²) in [6.45, 7) is 3.57. The average Bonchev–Trinajstić information content (AvgIpc) is 3.93. The van der Waals surface area contributed by atoms with E-state index in [1.54, 1.807) is 6.92 Å². The number of hydrogen-bond donors (Lipinski definition) is 3. The summed E-state index contributed by atoms with van der Waals surface area (Å²) in [5, 5.41) is 14.5. The molecule has 294 valence electrons. The monoisotopic (exact) mass is 773 g/mol. The van der Waals surface area contributed by atoms with Gasteiger partial charge in [-0.1, -0.05) is 50.1 Å². The molecular formula is C41H51N5O8S. The maximum atomic E-state index is 15.1. The third-order valence-corrected chi connectivity index (χ3v) is 15.9. The molecule has 1 unspecified atom stereocenters. The van der Waals surface area contributed by atoms with Gasteiger partial charge in [0.2, 0.25) is 21.8 Å². The fraction of sp³-hybridized carbons (Fsp3) is 0.634. The minimum Gasteiger partial charge on any atom is -0.483 e. The van der Waals surface area contributed by atoms with Gasteiger partial charge in [-0.15, -0.1) is 0 Å². The molecule has 5 fully saturated rings. The van der Waals surface area contributed by atoms with Gasteiger partial charge in [0.25, 0.3) is 5.91 Å². The molecule has 1 saturated heterocycles. The van der Waals surface area contributed by atoms with Crippen LogP contribution in [0, 0.1) is 11.8 Å². The number of ether oxygens (including phenoxy) is 1. The molecule has 2 aromatic rings. The molecule has 4 amide bonds. The van der Waals surface area contributed by atoms with E-state index in [1.165, 1.54) is 9.80 Å². The summed E-state index contributed by atoms with van der Waals surface area (Å²) in [6, 6.07) is 5.68. The van der Waals surface area contributed by atoms with Gasteiger partial charge < -0.3 is 20.1 Å². The first-order chi connectivity index (χ1) is 26.3. The molecule has 9 rings (SSSR count). The van der Waals surface area contributed by atoms with Crippen molar-refractivity contribution < 1.29 is 37.4 Å². The zero-order valence-corrected chi connectivity index (χ0v) is 32.4. The maximum Gasteiger partial charge on any atom is 0.408 e. The van der Waals surface area contributed by atoms with E-state index in [2.05, 4.69) is 16.1 Å². The Hall–Kier alpha value is -4.20. The second-order valence-electron chi connectivity index (χ2n) is 17.6. The summed E-state index contributed by atoms with van der Waals surface area (Å²) < 4.78 is 35.0. The van der Waals surface area contributed by atoms with Gasteiger partial charge in [0, 0.05) is 34.7 Å². The first-order valence-electron chi connectivity index (χ1n) is 20.3. The molecule has 55 heavy (non-hydrogen) atoms. The van der Waals surface area contributed by atoms with Crippen LogP contribution in [0.1, 0.15) is 114 Å². The van der Waals surface area contributed by atoms with Crippen LogP contribution in [-0.4, -0.2) is 92.7 Å². The van der Waals surface area contributed by atoms with E-state index in [-0.39, 0.29) is 24.9 Å². The van der Waals surface area contributed by atoms with E-state index in [1.807, 2.05) is 37.3 Å². The summed E-state index contributed by atoms with van der Waals surface area (Å²) in [6.07, 6.45) is 11.6. The van der Waals surface area contributed by atoms with Gasteiger partial charge in [0.05, 0.1) is 22.5 Å². The molecule has 4 saturated carbocycles. The molecule has 4 aliphatic carbocycles. The topological polar surface area (TPSA) is 175 Å². The summed E-state index contributed by atoms with van der Waals surface area (Å²) in [7, 11) is -3.99. The predicted octanol–water partition coefficient (Wildman–Crippen LogP) is 4.93. The van der Waals surface area contributed by atoms with Gasteiger partial charge in [0.15, 0.2) is 0 Å². The number of aryl methyl sites for hydroxylation is 1. The van der Waals surface area contributed by atoms with Crippen LogP contribution in [0.3, 0.4) is 0 Å². The Morgan fingerprint density at radius 2 is 1.82 bits per heavy atom. The van der Waals surface area contributed by atoms with Crippen molar-refractivity contribution in [2.75, 3.05) is 6.54 Å². The molecule has 13 nitrogen and oxygen atoms in total. The van der Waals surface area contributed by atoms with E-state index < -0.39 is 73.6 Å². The van der Waals surface area contributed by atoms with Crippen LogP contribution in [0.2, 0.25) is 0 Å². The number of allylic oxidation sites excluding steroid dienone is 1. The van der Waals surface area contributed by atoms with E-state index in [9.17, 15) is 27.9 Å². The zero-order chi connectivity index (χ0) is 38.5. The Labute approximate surface area is 321 Å². The smallest absolute Gasteiger partial charge is 0.408 e. The summed E-state index contributed by atoms with van der Waals surface area (Å²) in [5.41, 5.74) is 0.374. The van der Waals surface area contributed by atoms with Crippen LogP contribution in [0.4, 0.5) is 4.79 Å². The molecule has 1 spiro atoms. The number of carboxylic acid groups (broad SMARTS) is 1. The lowest BCUT2D eigenvalue weighted by Crippen LogP contribution is -2.60. The summed E-state index contributed by atoms with van der Waals surface area (Å²) in [4.78, 5) is 64.8. The third-order valence-electron chi connectivity index (χ3n) is 13.8. The number of fused-ring (bicyclic) bond motifs is 5. The molecule has 3 aliphatic heterocycles. The fourth-order valence-corrected chi connectivity index (χ4v) is 10.8. The van der Waals surface area contributed by atoms with E-state index in [0.29, 0.717) is 57.8 Å². The van der Waals surface area contributed by atoms with Crippen molar-refractivity contribution in [1.82, 2.24) is 24.8 Å². The SMILES string of the molecule is CC1[C@H]2C(=O)N[C@]3(C(=O)NS(=O)(=O)C4(C)CC4)C[C@H]3/C=C\CCCCC[C@H](N(C(=O)O)C3CC3)C(=O)N2C[C@@]12CCc1c(c(C3CC3)nc3ccccc13)O2. The molecular weight excluding hydrogens is 723 g/mol. The van der Waals surface area contributed by atoms with Crippen LogP contribution >= 0.6 is 0 Å². The summed E-state index contributed by atoms with van der Waals surface area (Å²) in [5.74, 6) is -1.80. The van der Waals surface area contributed by atoms with E-state index in [0.717, 1.165) is 53.6 Å². The van der Waals surface area contributed by atoms with Crippen LogP contribution in [0.15, 0.2) is 36.4 Å². The van der Waals surface area contributed by atoms with Gasteiger partial charge in [-0.25, -0.2) is 18.2 Å². The van der Waals surface area contributed by atoms with Crippen LogP contribution in [-0.2, 0) is 30.8 Å². The summed E-state index contributed by atoms with van der Waals surface area (Å²) >= 11 is 0. The number of para-hydroxylation sites is 1. The van der Waals surface area contributed by atoms with Gasteiger partial charge in [-0.05, 0) is 90.0 Å². The second kappa shape index (κ2) is 12.9. The van der Waals surface area contributed by atoms with Crippen LogP contribution in [0.5, 0.6) is 5.75 Å². The number of carbonyl (C=O) groups excluding carboxylic acids is 3. The highest BCUT2D eigenvalue weighted by Gasteiger charge is 2.65. The van der Waals surface area contributed by atoms with Crippen molar-refractivity contribution in [1.29, 1.82) is 0 Å². The van der Waals surface area contributed by atoms with Crippen molar-refractivity contribution in [2.45, 2.75) is 144 Å². The first kappa shape index (κ1) is 36.4. The number of hydrogen-bond acceptors (Lipinski definition) is 8. The fourth-order valence-electron chi connectivity index (χ4n) is 9.54. The number of nitrogens with one attached hydrogen (secondary N) is 2. The Kier molecular flexibility index (Phi) is 8.56.